The number of benzene rings is 1. The third kappa shape index (κ3) is 3.16. The predicted octanol–water partition coefficient (Wildman–Crippen LogP) is 1.28. The number of primary amides is 1. The Kier molecular flexibility index (Phi) is 4.62. The molecule has 3 aromatic rings. The molecule has 7 heteroatoms. The Labute approximate surface area is 138 Å². The maximum atomic E-state index is 11.8. The summed E-state index contributed by atoms with van der Waals surface area (Å²) >= 11 is 0. The van der Waals surface area contributed by atoms with Crippen molar-refractivity contribution in [3.8, 4) is 5.95 Å². The molecule has 0 spiro atoms. The van der Waals surface area contributed by atoms with Gasteiger partial charge in [-0.3, -0.25) is 4.79 Å². The molecule has 1 aromatic carbocycles. The summed E-state index contributed by atoms with van der Waals surface area (Å²) in [6.45, 7) is -0.0428. The maximum absolute atomic E-state index is 11.8. The third-order valence-corrected chi connectivity index (χ3v) is 3.73. The summed E-state index contributed by atoms with van der Waals surface area (Å²) in [5.74, 6) is -0.522. The molecular weight excluding hydrogens is 306 g/mol. The summed E-state index contributed by atoms with van der Waals surface area (Å²) in [4.78, 5) is 20.5. The van der Waals surface area contributed by atoms with E-state index in [1.54, 1.807) is 18.5 Å². The summed E-state index contributed by atoms with van der Waals surface area (Å²) in [5.41, 5.74) is 7.17. The number of hydrogen-bond acceptors (Lipinski definition) is 5. The van der Waals surface area contributed by atoms with Crippen LogP contribution in [-0.2, 0) is 0 Å². The molecule has 1 atom stereocenters. The monoisotopic (exact) mass is 323 g/mol. The van der Waals surface area contributed by atoms with E-state index < -0.39 is 5.91 Å². The predicted molar refractivity (Wildman–Crippen MR) is 87.7 cm³/mol. The van der Waals surface area contributed by atoms with Gasteiger partial charge < -0.3 is 10.8 Å². The number of amides is 1. The summed E-state index contributed by atoms with van der Waals surface area (Å²) in [6, 6.07) is 11.3. The SMILES string of the molecule is NC(=O)c1cnc(-n2cccn2)nc1[C@@H](CCO)c1ccccc1. The van der Waals surface area contributed by atoms with Crippen LogP contribution in [0, 0.1) is 0 Å². The molecule has 0 saturated heterocycles. The van der Waals surface area contributed by atoms with E-state index in [4.69, 9.17) is 5.73 Å². The number of rotatable bonds is 6. The Bertz CT molecular complexity index is 818. The largest absolute Gasteiger partial charge is 0.396 e. The van der Waals surface area contributed by atoms with Crippen LogP contribution in [-0.4, -0.2) is 37.4 Å². The lowest BCUT2D eigenvalue weighted by molar-refractivity contribution is 0.0998. The van der Waals surface area contributed by atoms with Crippen molar-refractivity contribution >= 4 is 5.91 Å². The topological polar surface area (TPSA) is 107 Å². The Hall–Kier alpha value is -3.06. The van der Waals surface area contributed by atoms with Gasteiger partial charge in [0.25, 0.3) is 11.9 Å². The van der Waals surface area contributed by atoms with Crippen molar-refractivity contribution in [2.45, 2.75) is 12.3 Å². The molecule has 0 aliphatic heterocycles. The van der Waals surface area contributed by atoms with Crippen LogP contribution in [0.4, 0.5) is 0 Å². The Morgan fingerprint density at radius 1 is 1.25 bits per heavy atom. The normalized spacial score (nSPS) is 12.0. The molecule has 3 N–H and O–H groups in total. The molecule has 0 saturated carbocycles. The molecule has 0 aliphatic rings. The van der Waals surface area contributed by atoms with E-state index >= 15 is 0 Å². The van der Waals surface area contributed by atoms with Crippen LogP contribution >= 0.6 is 0 Å². The zero-order chi connectivity index (χ0) is 16.9. The lowest BCUT2D eigenvalue weighted by Crippen LogP contribution is -2.20. The number of nitrogens with zero attached hydrogens (tertiary/aromatic N) is 4. The van der Waals surface area contributed by atoms with Crippen molar-refractivity contribution in [3.63, 3.8) is 0 Å². The third-order valence-electron chi connectivity index (χ3n) is 3.73. The number of aliphatic hydroxyl groups excluding tert-OH is 1. The number of aromatic nitrogens is 4. The van der Waals surface area contributed by atoms with E-state index in [2.05, 4.69) is 15.1 Å². The Morgan fingerprint density at radius 2 is 2.04 bits per heavy atom. The average Bonchev–Trinajstić information content (AvgIpc) is 3.14. The number of aliphatic hydroxyl groups is 1. The second-order valence-corrected chi connectivity index (χ2v) is 5.26. The van der Waals surface area contributed by atoms with Gasteiger partial charge in [0, 0.05) is 31.1 Å². The summed E-state index contributed by atoms with van der Waals surface area (Å²) in [7, 11) is 0. The summed E-state index contributed by atoms with van der Waals surface area (Å²) in [5, 5.41) is 13.6. The molecule has 0 unspecified atom stereocenters. The first-order valence-electron chi connectivity index (χ1n) is 7.53. The molecule has 24 heavy (non-hydrogen) atoms. The van der Waals surface area contributed by atoms with Gasteiger partial charge in [0.1, 0.15) is 0 Å². The smallest absolute Gasteiger partial charge is 0.252 e. The second-order valence-electron chi connectivity index (χ2n) is 5.26. The number of carbonyl (C=O) groups excluding carboxylic acids is 1. The van der Waals surface area contributed by atoms with Crippen molar-refractivity contribution in [3.05, 3.63) is 71.8 Å². The first-order valence-corrected chi connectivity index (χ1v) is 7.53. The highest BCUT2D eigenvalue weighted by Gasteiger charge is 2.23. The Morgan fingerprint density at radius 3 is 2.67 bits per heavy atom. The first-order chi connectivity index (χ1) is 11.7. The van der Waals surface area contributed by atoms with Crippen molar-refractivity contribution in [1.82, 2.24) is 19.7 Å². The van der Waals surface area contributed by atoms with Crippen LogP contribution in [0.3, 0.4) is 0 Å². The van der Waals surface area contributed by atoms with Crippen molar-refractivity contribution in [2.24, 2.45) is 5.73 Å². The summed E-state index contributed by atoms with van der Waals surface area (Å²) < 4.78 is 1.51. The molecule has 0 radical (unpaired) electrons. The fraction of sp³-hybridized carbons (Fsp3) is 0.176. The van der Waals surface area contributed by atoms with Crippen molar-refractivity contribution in [2.75, 3.05) is 6.61 Å². The second kappa shape index (κ2) is 7.01. The zero-order valence-electron chi connectivity index (χ0n) is 12.9. The molecule has 0 fully saturated rings. The maximum Gasteiger partial charge on any atom is 0.252 e. The zero-order valence-corrected chi connectivity index (χ0v) is 12.9. The molecular formula is C17H17N5O2. The molecule has 7 nitrogen and oxygen atoms in total. The van der Waals surface area contributed by atoms with E-state index in [1.165, 1.54) is 10.9 Å². The van der Waals surface area contributed by atoms with Gasteiger partial charge in [-0.25, -0.2) is 14.6 Å². The number of nitrogens with two attached hydrogens (primary N) is 1. The molecule has 3 rings (SSSR count). The summed E-state index contributed by atoms with van der Waals surface area (Å²) in [6.07, 6.45) is 5.16. The molecule has 0 bridgehead atoms. The first kappa shape index (κ1) is 15.8. The molecule has 1 amide bonds. The Balaban J connectivity index is 2.14. The molecule has 2 heterocycles. The fourth-order valence-corrected chi connectivity index (χ4v) is 2.61. The van der Waals surface area contributed by atoms with Gasteiger partial charge in [-0.05, 0) is 18.1 Å². The van der Waals surface area contributed by atoms with Crippen LogP contribution in [0.2, 0.25) is 0 Å². The highest BCUT2D eigenvalue weighted by molar-refractivity contribution is 5.94. The van der Waals surface area contributed by atoms with Gasteiger partial charge in [0.05, 0.1) is 11.3 Å². The molecule has 122 valence electrons. The van der Waals surface area contributed by atoms with Gasteiger partial charge in [-0.1, -0.05) is 30.3 Å². The quantitative estimate of drug-likeness (QED) is 0.710. The van der Waals surface area contributed by atoms with Gasteiger partial charge in [-0.2, -0.15) is 5.10 Å². The number of carbonyl (C=O) groups is 1. The van der Waals surface area contributed by atoms with E-state index in [0.717, 1.165) is 5.56 Å². The minimum atomic E-state index is -0.601. The molecule has 0 aliphatic carbocycles. The van der Waals surface area contributed by atoms with E-state index in [1.807, 2.05) is 30.3 Å². The van der Waals surface area contributed by atoms with Crippen LogP contribution in [0.15, 0.2) is 55.0 Å². The minimum Gasteiger partial charge on any atom is -0.396 e. The fourth-order valence-electron chi connectivity index (χ4n) is 2.61. The van der Waals surface area contributed by atoms with Crippen LogP contribution < -0.4 is 5.73 Å². The van der Waals surface area contributed by atoms with Gasteiger partial charge in [0.15, 0.2) is 0 Å². The molecule has 2 aromatic heterocycles. The van der Waals surface area contributed by atoms with Gasteiger partial charge >= 0.3 is 0 Å². The van der Waals surface area contributed by atoms with Gasteiger partial charge in [0.2, 0.25) is 0 Å². The van der Waals surface area contributed by atoms with Crippen LogP contribution in [0.5, 0.6) is 0 Å². The lowest BCUT2D eigenvalue weighted by Gasteiger charge is -2.18. The number of hydrogen-bond donors (Lipinski definition) is 2. The highest BCUT2D eigenvalue weighted by Crippen LogP contribution is 2.29. The van der Waals surface area contributed by atoms with Crippen molar-refractivity contribution < 1.29 is 9.90 Å². The average molecular weight is 323 g/mol. The lowest BCUT2D eigenvalue weighted by atomic mass is 9.90. The van der Waals surface area contributed by atoms with E-state index in [9.17, 15) is 9.90 Å². The van der Waals surface area contributed by atoms with Crippen LogP contribution in [0.25, 0.3) is 5.95 Å². The van der Waals surface area contributed by atoms with Crippen LogP contribution in [0.1, 0.15) is 34.0 Å². The van der Waals surface area contributed by atoms with Gasteiger partial charge in [-0.15, -0.1) is 0 Å². The van der Waals surface area contributed by atoms with Crippen molar-refractivity contribution in [1.29, 1.82) is 0 Å². The standard InChI is InChI=1S/C17H17N5O2/c18-16(24)14-11-19-17(22-9-4-8-20-22)21-15(14)13(7-10-23)12-5-2-1-3-6-12/h1-6,8-9,11,13,23H,7,10H2,(H2,18,24)/t13-/m0/s1. The van der Waals surface area contributed by atoms with E-state index in [0.29, 0.717) is 18.1 Å². The highest BCUT2D eigenvalue weighted by atomic mass is 16.3. The minimum absolute atomic E-state index is 0.0428. The van der Waals surface area contributed by atoms with E-state index in [-0.39, 0.29) is 18.1 Å².